The summed E-state index contributed by atoms with van der Waals surface area (Å²) in [6, 6.07) is 10.1. The summed E-state index contributed by atoms with van der Waals surface area (Å²) in [7, 11) is 2.06. The van der Waals surface area contributed by atoms with Crippen LogP contribution in [0.5, 0.6) is 0 Å². The second kappa shape index (κ2) is 6.03. The Bertz CT molecular complexity index is 494. The number of ether oxygens (including phenoxy) is 1. The summed E-state index contributed by atoms with van der Waals surface area (Å²) in [5.41, 5.74) is 0.990. The molecule has 3 atom stereocenters. The van der Waals surface area contributed by atoms with Crippen molar-refractivity contribution < 1.29 is 14.6 Å². The first-order valence-electron chi connectivity index (χ1n) is 7.49. The second-order valence-corrected chi connectivity index (χ2v) is 5.96. The first-order valence-corrected chi connectivity index (χ1v) is 7.49. The van der Waals surface area contributed by atoms with E-state index in [1.807, 2.05) is 30.3 Å². The number of likely N-dealkylation sites (N-methyl/N-ethyl adjacent to an activating group) is 1. The maximum absolute atomic E-state index is 12.3. The van der Waals surface area contributed by atoms with Crippen LogP contribution in [0.1, 0.15) is 12.0 Å². The van der Waals surface area contributed by atoms with Crippen LogP contribution in [0.3, 0.4) is 0 Å². The molecule has 114 valence electrons. The van der Waals surface area contributed by atoms with Gasteiger partial charge in [-0.15, -0.1) is 0 Å². The molecule has 0 saturated carbocycles. The third-order valence-corrected chi connectivity index (χ3v) is 4.67. The Morgan fingerprint density at radius 3 is 2.86 bits per heavy atom. The molecule has 0 aromatic heterocycles. The van der Waals surface area contributed by atoms with Gasteiger partial charge in [0.2, 0.25) is 0 Å². The minimum atomic E-state index is -0.264. The van der Waals surface area contributed by atoms with Crippen LogP contribution in [0.2, 0.25) is 0 Å². The van der Waals surface area contributed by atoms with E-state index in [0.717, 1.165) is 18.5 Å². The minimum Gasteiger partial charge on any atom is -0.445 e. The summed E-state index contributed by atoms with van der Waals surface area (Å²) in [6.45, 7) is 1.97. The summed E-state index contributed by atoms with van der Waals surface area (Å²) in [6.07, 6.45) is 0.693. The number of amides is 1. The molecule has 0 spiro atoms. The van der Waals surface area contributed by atoms with Crippen LogP contribution in [-0.2, 0) is 11.3 Å². The molecule has 0 bridgehead atoms. The zero-order valence-electron chi connectivity index (χ0n) is 12.3. The van der Waals surface area contributed by atoms with Crippen molar-refractivity contribution in [3.05, 3.63) is 35.9 Å². The Balaban J connectivity index is 1.62. The minimum absolute atomic E-state index is 0.119. The maximum Gasteiger partial charge on any atom is 0.410 e. The number of carbonyl (C=O) groups excluding carboxylic acids is 1. The lowest BCUT2D eigenvalue weighted by Crippen LogP contribution is -2.39. The van der Waals surface area contributed by atoms with Crippen molar-refractivity contribution in [2.24, 2.45) is 5.92 Å². The number of hydrogen-bond donors (Lipinski definition) is 1. The molecule has 1 aromatic carbocycles. The SMILES string of the molecule is CN1CCC2C1[C@@H](CO)CN2C(=O)OCc1ccccc1. The van der Waals surface area contributed by atoms with E-state index >= 15 is 0 Å². The average Bonchev–Trinajstić information content (AvgIpc) is 3.07. The number of rotatable bonds is 3. The monoisotopic (exact) mass is 290 g/mol. The highest BCUT2D eigenvalue weighted by molar-refractivity contribution is 5.69. The predicted octanol–water partition coefficient (Wildman–Crippen LogP) is 1.32. The maximum atomic E-state index is 12.3. The lowest BCUT2D eigenvalue weighted by atomic mass is 10.0. The first kappa shape index (κ1) is 14.4. The number of benzene rings is 1. The Morgan fingerprint density at radius 2 is 2.14 bits per heavy atom. The van der Waals surface area contributed by atoms with Gasteiger partial charge in [-0.05, 0) is 19.0 Å². The van der Waals surface area contributed by atoms with Gasteiger partial charge in [0.25, 0.3) is 0 Å². The topological polar surface area (TPSA) is 53.0 Å². The number of likely N-dealkylation sites (tertiary alicyclic amines) is 2. The van der Waals surface area contributed by atoms with Gasteiger partial charge in [-0.25, -0.2) is 4.79 Å². The van der Waals surface area contributed by atoms with Crippen LogP contribution in [-0.4, -0.2) is 59.8 Å². The van der Waals surface area contributed by atoms with Crippen molar-refractivity contribution in [1.29, 1.82) is 0 Å². The van der Waals surface area contributed by atoms with E-state index in [1.165, 1.54) is 0 Å². The van der Waals surface area contributed by atoms with E-state index in [1.54, 1.807) is 4.90 Å². The molecule has 2 fully saturated rings. The number of aliphatic hydroxyl groups excluding tert-OH is 1. The predicted molar refractivity (Wildman–Crippen MR) is 78.7 cm³/mol. The molecule has 0 aliphatic carbocycles. The Kier molecular flexibility index (Phi) is 4.12. The van der Waals surface area contributed by atoms with Gasteiger partial charge in [0.15, 0.2) is 0 Å². The molecule has 5 heteroatoms. The Morgan fingerprint density at radius 1 is 1.38 bits per heavy atom. The zero-order chi connectivity index (χ0) is 14.8. The third kappa shape index (κ3) is 2.76. The van der Waals surface area contributed by atoms with E-state index < -0.39 is 0 Å². The van der Waals surface area contributed by atoms with Crippen LogP contribution < -0.4 is 0 Å². The van der Waals surface area contributed by atoms with Crippen molar-refractivity contribution in [3.63, 3.8) is 0 Å². The lowest BCUT2D eigenvalue weighted by Gasteiger charge is -2.24. The van der Waals surface area contributed by atoms with E-state index in [-0.39, 0.29) is 30.7 Å². The van der Waals surface area contributed by atoms with Crippen molar-refractivity contribution in [3.8, 4) is 0 Å². The van der Waals surface area contributed by atoms with Gasteiger partial charge in [-0.3, -0.25) is 0 Å². The summed E-state index contributed by atoms with van der Waals surface area (Å²) in [5.74, 6) is 0.131. The van der Waals surface area contributed by atoms with E-state index in [9.17, 15) is 9.90 Å². The normalized spacial score (nSPS) is 28.7. The van der Waals surface area contributed by atoms with Crippen molar-refractivity contribution in [2.45, 2.75) is 25.1 Å². The number of aliphatic hydroxyl groups is 1. The molecule has 1 N–H and O–H groups in total. The van der Waals surface area contributed by atoms with Gasteiger partial charge >= 0.3 is 6.09 Å². The van der Waals surface area contributed by atoms with Crippen LogP contribution in [0.25, 0.3) is 0 Å². The number of hydrogen-bond acceptors (Lipinski definition) is 4. The molecule has 2 aliphatic rings. The molecule has 1 aromatic rings. The highest BCUT2D eigenvalue weighted by Gasteiger charge is 2.49. The number of fused-ring (bicyclic) bond motifs is 1. The standard InChI is InChI=1S/C16H22N2O3/c1-17-8-7-14-15(17)13(10-19)9-18(14)16(20)21-11-12-5-3-2-4-6-12/h2-6,13-15,19H,7-11H2,1H3/t13-,14?,15?/m1/s1. The molecular weight excluding hydrogens is 268 g/mol. The van der Waals surface area contributed by atoms with Gasteiger partial charge in [0, 0.05) is 31.7 Å². The van der Waals surface area contributed by atoms with Crippen molar-refractivity contribution in [1.82, 2.24) is 9.80 Å². The number of nitrogens with zero attached hydrogens (tertiary/aromatic N) is 2. The molecule has 0 radical (unpaired) electrons. The van der Waals surface area contributed by atoms with E-state index in [0.29, 0.717) is 13.2 Å². The molecule has 5 nitrogen and oxygen atoms in total. The fraction of sp³-hybridized carbons (Fsp3) is 0.562. The van der Waals surface area contributed by atoms with E-state index in [4.69, 9.17) is 4.74 Å². The molecular formula is C16H22N2O3. The quantitative estimate of drug-likeness (QED) is 0.912. The van der Waals surface area contributed by atoms with Crippen LogP contribution >= 0.6 is 0 Å². The fourth-order valence-corrected chi connectivity index (χ4v) is 3.64. The highest BCUT2D eigenvalue weighted by Crippen LogP contribution is 2.34. The number of carbonyl (C=O) groups is 1. The Hall–Kier alpha value is -1.59. The third-order valence-electron chi connectivity index (χ3n) is 4.67. The van der Waals surface area contributed by atoms with Crippen LogP contribution in [0.15, 0.2) is 30.3 Å². The summed E-state index contributed by atoms with van der Waals surface area (Å²) in [4.78, 5) is 16.4. The second-order valence-electron chi connectivity index (χ2n) is 5.96. The first-order chi connectivity index (χ1) is 10.2. The fourth-order valence-electron chi connectivity index (χ4n) is 3.64. The summed E-state index contributed by atoms with van der Waals surface area (Å²) < 4.78 is 5.44. The Labute approximate surface area is 125 Å². The largest absolute Gasteiger partial charge is 0.445 e. The van der Waals surface area contributed by atoms with Gasteiger partial charge in [-0.2, -0.15) is 0 Å². The van der Waals surface area contributed by atoms with Crippen molar-refractivity contribution >= 4 is 6.09 Å². The highest BCUT2D eigenvalue weighted by atomic mass is 16.6. The van der Waals surface area contributed by atoms with Crippen LogP contribution in [0, 0.1) is 5.92 Å². The van der Waals surface area contributed by atoms with Gasteiger partial charge in [-0.1, -0.05) is 30.3 Å². The lowest BCUT2D eigenvalue weighted by molar-refractivity contribution is 0.0904. The molecule has 2 heterocycles. The molecule has 21 heavy (non-hydrogen) atoms. The smallest absolute Gasteiger partial charge is 0.410 e. The van der Waals surface area contributed by atoms with Crippen LogP contribution in [0.4, 0.5) is 4.79 Å². The molecule has 3 rings (SSSR count). The summed E-state index contributed by atoms with van der Waals surface area (Å²) in [5, 5.41) is 9.53. The molecule has 1 amide bonds. The molecule has 2 saturated heterocycles. The van der Waals surface area contributed by atoms with Gasteiger partial charge < -0.3 is 19.6 Å². The molecule has 2 unspecified atom stereocenters. The van der Waals surface area contributed by atoms with E-state index in [2.05, 4.69) is 11.9 Å². The van der Waals surface area contributed by atoms with Gasteiger partial charge in [0.1, 0.15) is 6.61 Å². The average molecular weight is 290 g/mol. The summed E-state index contributed by atoms with van der Waals surface area (Å²) >= 11 is 0. The van der Waals surface area contributed by atoms with Gasteiger partial charge in [0.05, 0.1) is 6.04 Å². The van der Waals surface area contributed by atoms with Crippen molar-refractivity contribution in [2.75, 3.05) is 26.7 Å². The zero-order valence-corrected chi connectivity index (χ0v) is 12.3. The molecule has 2 aliphatic heterocycles.